The van der Waals surface area contributed by atoms with Gasteiger partial charge >= 0.3 is 6.03 Å². The number of fused-ring (bicyclic) bond motifs is 3. The fraction of sp³-hybridized carbons (Fsp3) is 0.208. The van der Waals surface area contributed by atoms with Crippen molar-refractivity contribution in [2.45, 2.75) is 18.0 Å². The van der Waals surface area contributed by atoms with Crippen LogP contribution in [0.5, 0.6) is 0 Å². The van der Waals surface area contributed by atoms with E-state index in [-0.39, 0.29) is 30.5 Å². The number of amides is 3. The third kappa shape index (κ3) is 3.30. The van der Waals surface area contributed by atoms with Crippen LogP contribution in [-0.4, -0.2) is 52.2 Å². The lowest BCUT2D eigenvalue weighted by molar-refractivity contribution is -0.00267. The molecule has 1 fully saturated rings. The zero-order valence-electron chi connectivity index (χ0n) is 17.1. The van der Waals surface area contributed by atoms with Crippen molar-refractivity contribution in [1.82, 2.24) is 9.88 Å². The Balaban J connectivity index is 1.48. The van der Waals surface area contributed by atoms with Crippen molar-refractivity contribution in [3.63, 3.8) is 0 Å². The Kier molecular flexibility index (Phi) is 5.28. The summed E-state index contributed by atoms with van der Waals surface area (Å²) >= 11 is 6.20. The molecule has 3 heterocycles. The number of rotatable bonds is 3. The minimum absolute atomic E-state index is 0.0685. The molecule has 8 heteroatoms. The van der Waals surface area contributed by atoms with Crippen LogP contribution in [0.2, 0.25) is 5.02 Å². The molecule has 0 aliphatic carbocycles. The number of para-hydroxylation sites is 2. The summed E-state index contributed by atoms with van der Waals surface area (Å²) in [5, 5.41) is 13.4. The van der Waals surface area contributed by atoms with E-state index in [0.29, 0.717) is 22.9 Å². The molecule has 32 heavy (non-hydrogen) atoms. The number of anilines is 2. The molecular weight excluding hydrogens is 428 g/mol. The van der Waals surface area contributed by atoms with E-state index in [0.717, 1.165) is 11.3 Å². The lowest BCUT2D eigenvalue weighted by Gasteiger charge is -2.58. The van der Waals surface area contributed by atoms with Crippen molar-refractivity contribution >= 4 is 34.9 Å². The zero-order chi connectivity index (χ0) is 22.2. The fourth-order valence-corrected chi connectivity index (χ4v) is 4.91. The van der Waals surface area contributed by atoms with E-state index in [1.807, 2.05) is 24.3 Å². The molecule has 3 aromatic rings. The highest BCUT2D eigenvalue weighted by Gasteiger charge is 2.55. The monoisotopic (exact) mass is 448 g/mol. The van der Waals surface area contributed by atoms with Crippen molar-refractivity contribution in [2.75, 3.05) is 23.4 Å². The number of nitrogens with zero attached hydrogens (tertiary/aromatic N) is 3. The van der Waals surface area contributed by atoms with Gasteiger partial charge in [-0.25, -0.2) is 4.79 Å². The Labute approximate surface area is 190 Å². The first-order valence-electron chi connectivity index (χ1n) is 10.4. The summed E-state index contributed by atoms with van der Waals surface area (Å²) in [7, 11) is 0. The summed E-state index contributed by atoms with van der Waals surface area (Å²) in [6.07, 6.45) is 1.58. The van der Waals surface area contributed by atoms with Crippen molar-refractivity contribution in [3.05, 3.63) is 89.2 Å². The lowest BCUT2D eigenvalue weighted by atomic mass is 9.72. The predicted molar refractivity (Wildman–Crippen MR) is 122 cm³/mol. The summed E-state index contributed by atoms with van der Waals surface area (Å²) in [6, 6.07) is 18.8. The van der Waals surface area contributed by atoms with Crippen LogP contribution in [0.4, 0.5) is 16.2 Å². The Morgan fingerprint density at radius 3 is 2.56 bits per heavy atom. The van der Waals surface area contributed by atoms with Gasteiger partial charge in [-0.3, -0.25) is 9.78 Å². The number of hydrogen-bond donors (Lipinski definition) is 2. The first-order chi connectivity index (χ1) is 15.6. The topological polar surface area (TPSA) is 85.8 Å². The maximum Gasteiger partial charge on any atom is 0.322 e. The third-order valence-electron chi connectivity index (χ3n) is 6.17. The minimum atomic E-state index is -0.393. The van der Waals surface area contributed by atoms with E-state index in [1.165, 1.54) is 0 Å². The number of carbonyl (C=O) groups is 2. The molecule has 2 N–H and O–H groups in total. The number of halogens is 1. The highest BCUT2D eigenvalue weighted by Crippen LogP contribution is 2.48. The van der Waals surface area contributed by atoms with Gasteiger partial charge in [-0.05, 0) is 35.9 Å². The maximum absolute atomic E-state index is 13.3. The Bertz CT molecular complexity index is 1170. The molecule has 0 unspecified atom stereocenters. The predicted octanol–water partition coefficient (Wildman–Crippen LogP) is 3.76. The number of aromatic nitrogens is 1. The molecule has 7 nitrogen and oxygen atoms in total. The van der Waals surface area contributed by atoms with E-state index < -0.39 is 6.04 Å². The van der Waals surface area contributed by atoms with E-state index in [2.05, 4.69) is 10.3 Å². The van der Waals surface area contributed by atoms with Gasteiger partial charge in [0.15, 0.2) is 0 Å². The number of nitrogens with one attached hydrogen (secondary N) is 1. The molecule has 0 radical (unpaired) electrons. The first-order valence-corrected chi connectivity index (χ1v) is 10.7. The maximum atomic E-state index is 13.3. The number of hydrogen-bond acceptors (Lipinski definition) is 4. The first kappa shape index (κ1) is 20.5. The van der Waals surface area contributed by atoms with Gasteiger partial charge in [0.2, 0.25) is 0 Å². The molecule has 0 spiro atoms. The van der Waals surface area contributed by atoms with Crippen LogP contribution >= 0.6 is 11.6 Å². The molecule has 2 aliphatic heterocycles. The number of aliphatic hydroxyl groups is 1. The second-order valence-corrected chi connectivity index (χ2v) is 8.26. The summed E-state index contributed by atoms with van der Waals surface area (Å²) in [6.45, 7) is 0.128. The highest BCUT2D eigenvalue weighted by molar-refractivity contribution is 6.33. The molecule has 2 aromatic carbocycles. The van der Waals surface area contributed by atoms with Gasteiger partial charge in [0, 0.05) is 24.3 Å². The molecule has 1 saturated heterocycles. The second-order valence-electron chi connectivity index (χ2n) is 7.85. The van der Waals surface area contributed by atoms with Crippen LogP contribution < -0.4 is 10.2 Å². The van der Waals surface area contributed by atoms with E-state index in [1.54, 1.807) is 58.5 Å². The van der Waals surface area contributed by atoms with Crippen LogP contribution in [0.1, 0.15) is 22.0 Å². The van der Waals surface area contributed by atoms with Crippen molar-refractivity contribution in [2.24, 2.45) is 0 Å². The van der Waals surface area contributed by atoms with Gasteiger partial charge in [0.25, 0.3) is 5.91 Å². The van der Waals surface area contributed by atoms with Gasteiger partial charge in [0.05, 0.1) is 29.4 Å². The average Bonchev–Trinajstić information content (AvgIpc) is 2.81. The Morgan fingerprint density at radius 1 is 1.06 bits per heavy atom. The number of likely N-dealkylation sites (tertiary alicyclic amines) is 1. The molecule has 0 saturated carbocycles. The summed E-state index contributed by atoms with van der Waals surface area (Å²) in [5.74, 6) is -0.295. The van der Waals surface area contributed by atoms with Gasteiger partial charge < -0.3 is 20.2 Å². The lowest BCUT2D eigenvalue weighted by Crippen LogP contribution is -2.71. The van der Waals surface area contributed by atoms with Gasteiger partial charge in [0.1, 0.15) is 5.69 Å². The minimum Gasteiger partial charge on any atom is -0.394 e. The quantitative estimate of drug-likeness (QED) is 0.639. The Hall–Kier alpha value is -3.42. The van der Waals surface area contributed by atoms with E-state index >= 15 is 0 Å². The van der Waals surface area contributed by atoms with Gasteiger partial charge in [-0.2, -0.15) is 0 Å². The smallest absolute Gasteiger partial charge is 0.322 e. The molecule has 1 aromatic heterocycles. The number of pyridine rings is 1. The van der Waals surface area contributed by atoms with Gasteiger partial charge in [-0.15, -0.1) is 0 Å². The van der Waals surface area contributed by atoms with Crippen molar-refractivity contribution < 1.29 is 14.7 Å². The van der Waals surface area contributed by atoms with Crippen LogP contribution in [0, 0.1) is 0 Å². The SMILES string of the molecule is O=C(c1ccccn1)N1C[C@H]2[C@@H](c3ccccc31)[C@@H](CO)N2C(=O)Nc1ccccc1Cl. The molecule has 2 aliphatic rings. The molecular formula is C24H21ClN4O3. The average molecular weight is 449 g/mol. The zero-order valence-corrected chi connectivity index (χ0v) is 17.8. The summed E-state index contributed by atoms with van der Waals surface area (Å²) in [5.41, 5.74) is 2.56. The number of carbonyl (C=O) groups excluding carboxylic acids is 2. The number of urea groups is 1. The highest BCUT2D eigenvalue weighted by atomic mass is 35.5. The summed E-state index contributed by atoms with van der Waals surface area (Å²) < 4.78 is 0. The van der Waals surface area contributed by atoms with Crippen molar-refractivity contribution in [1.29, 1.82) is 0 Å². The van der Waals surface area contributed by atoms with E-state index in [9.17, 15) is 14.7 Å². The molecule has 3 atom stereocenters. The molecule has 5 rings (SSSR count). The molecule has 0 bridgehead atoms. The Morgan fingerprint density at radius 2 is 1.81 bits per heavy atom. The van der Waals surface area contributed by atoms with Gasteiger partial charge in [-0.1, -0.05) is 48.0 Å². The van der Waals surface area contributed by atoms with E-state index in [4.69, 9.17) is 11.6 Å². The van der Waals surface area contributed by atoms with Crippen LogP contribution in [0.15, 0.2) is 72.9 Å². The number of benzene rings is 2. The molecule has 3 amide bonds. The van der Waals surface area contributed by atoms with Crippen LogP contribution in [0.25, 0.3) is 0 Å². The normalized spacial score (nSPS) is 21.2. The van der Waals surface area contributed by atoms with Crippen LogP contribution in [0.3, 0.4) is 0 Å². The molecule has 162 valence electrons. The van der Waals surface area contributed by atoms with Crippen LogP contribution in [-0.2, 0) is 0 Å². The summed E-state index contributed by atoms with van der Waals surface area (Å²) in [4.78, 5) is 33.9. The standard InChI is InChI=1S/C24H21ClN4O3/c25-16-8-2-3-9-17(16)27-24(32)29-20-13-28(23(31)18-10-5-6-12-26-18)19-11-4-1-7-15(19)22(20)21(29)14-30/h1-12,20-22,30H,13-14H2,(H,27,32)/t20-,21+,22+/m0/s1. The fourth-order valence-electron chi connectivity index (χ4n) is 4.73. The third-order valence-corrected chi connectivity index (χ3v) is 6.50. The van der Waals surface area contributed by atoms with Crippen molar-refractivity contribution in [3.8, 4) is 0 Å². The second kappa shape index (κ2) is 8.26. The largest absolute Gasteiger partial charge is 0.394 e. The number of aliphatic hydroxyl groups excluding tert-OH is 1.